The normalized spacial score (nSPS) is 12.3. The number of amides is 3. The maximum Gasteiger partial charge on any atom is 0.285 e. The Hall–Kier alpha value is -13.5. The van der Waals surface area contributed by atoms with Gasteiger partial charge in [0.15, 0.2) is 33.4 Å². The van der Waals surface area contributed by atoms with Crippen molar-refractivity contribution in [2.24, 2.45) is 21.1 Å². The van der Waals surface area contributed by atoms with E-state index < -0.39 is 46.0 Å². The first-order valence-electron chi connectivity index (χ1n) is 35.6. The largest absolute Gasteiger partial charge is 0.497 e. The third kappa shape index (κ3) is 17.6. The zero-order chi connectivity index (χ0) is 79.6. The lowest BCUT2D eigenvalue weighted by molar-refractivity contribution is 0.101. The number of thiophene rings is 1. The number of thiocarbonyl (C=S) groups is 2. The zero-order valence-corrected chi connectivity index (χ0v) is 64.6. The number of ether oxygens (including phenoxy) is 4. The summed E-state index contributed by atoms with van der Waals surface area (Å²) >= 11 is 12.3. The van der Waals surface area contributed by atoms with Gasteiger partial charge in [0.1, 0.15) is 67.9 Å². The third-order valence-corrected chi connectivity index (χ3v) is 20.3. The average molecular weight is 1580 g/mol. The van der Waals surface area contributed by atoms with Crippen LogP contribution in [-0.2, 0) is 21.1 Å². The Kier molecular flexibility index (Phi) is 23.8. The summed E-state index contributed by atoms with van der Waals surface area (Å²) in [6.45, 7) is 8.81. The highest BCUT2D eigenvalue weighted by molar-refractivity contribution is 7.80. The van der Waals surface area contributed by atoms with Gasteiger partial charge < -0.3 is 55.3 Å². The predicted molar refractivity (Wildman–Crippen MR) is 437 cm³/mol. The van der Waals surface area contributed by atoms with Gasteiger partial charge in [0.25, 0.3) is 34.4 Å². The summed E-state index contributed by atoms with van der Waals surface area (Å²) in [5, 5.41) is 18.7. The topological polar surface area (TPSA) is 287 Å². The molecule has 0 radical (unpaired) electrons. The Labute approximate surface area is 660 Å². The van der Waals surface area contributed by atoms with Crippen LogP contribution in [0.2, 0.25) is 0 Å². The second-order valence-electron chi connectivity index (χ2n) is 26.0. The lowest BCUT2D eigenvalue weighted by atomic mass is 10.2. The zero-order valence-electron chi connectivity index (χ0n) is 62.1. The number of para-hydroxylation sites is 2. The van der Waals surface area contributed by atoms with E-state index in [4.69, 9.17) is 43.4 Å². The molecule has 27 nitrogen and oxygen atoms in total. The third-order valence-electron chi connectivity index (χ3n) is 18.7. The summed E-state index contributed by atoms with van der Waals surface area (Å²) < 4.78 is 61.8. The van der Waals surface area contributed by atoms with Crippen molar-refractivity contribution in [1.29, 1.82) is 0 Å². The molecule has 8 aromatic heterocycles. The van der Waals surface area contributed by atoms with Crippen LogP contribution in [0.5, 0.6) is 40.2 Å². The molecule has 0 bridgehead atoms. The molecular weight excluding hydrogens is 1510 g/mol. The van der Waals surface area contributed by atoms with Gasteiger partial charge in [0.05, 0.1) is 47.3 Å². The van der Waals surface area contributed by atoms with Crippen LogP contribution in [0.3, 0.4) is 0 Å². The van der Waals surface area contributed by atoms with E-state index in [2.05, 4.69) is 56.3 Å². The van der Waals surface area contributed by atoms with Gasteiger partial charge in [0, 0.05) is 113 Å². The van der Waals surface area contributed by atoms with Crippen LogP contribution in [0.15, 0.2) is 214 Å². The van der Waals surface area contributed by atoms with Gasteiger partial charge in [-0.2, -0.15) is 0 Å². The SMILES string of the molecule is COc1ccc2c(Oc3ccc(NC(=O)c4c(C)n(C)n(-c5cccs5)c4=O)cc3F)ccnc2c1.Cc1c(C(=O)Nc2ccc(Oc3ccnc(NC(=S)N4CCCC4)c3)c(F)c2)c(=O)n(-c2ccccc2)n1C.Cc1c(C(=O)Nc2ccc(Oc3ccnc(NC(=S)N4CCCC4)c3)cn2)c(=O)n(-c2ccccc2)n1C. The molecule has 2 fully saturated rings. The first kappa shape index (κ1) is 77.7. The van der Waals surface area contributed by atoms with E-state index >= 15 is 0 Å². The number of nitrogens with zero attached hydrogens (tertiary/aromatic N) is 12. The van der Waals surface area contributed by atoms with Gasteiger partial charge in [0.2, 0.25) is 0 Å². The minimum absolute atomic E-state index is 0.00896. The van der Waals surface area contributed by atoms with Crippen LogP contribution < -0.4 is 62.2 Å². The highest BCUT2D eigenvalue weighted by Gasteiger charge is 2.27. The fourth-order valence-corrected chi connectivity index (χ4v) is 14.0. The van der Waals surface area contributed by atoms with Crippen molar-refractivity contribution < 1.29 is 42.1 Å². The van der Waals surface area contributed by atoms with Crippen molar-refractivity contribution in [1.82, 2.24) is 57.8 Å². The Bertz CT molecular complexity index is 5920. The number of hydrogen-bond acceptors (Lipinski definition) is 17. The van der Waals surface area contributed by atoms with Crippen molar-refractivity contribution in [3.05, 3.63) is 276 Å². The van der Waals surface area contributed by atoms with Crippen LogP contribution in [0.25, 0.3) is 27.3 Å². The van der Waals surface area contributed by atoms with E-state index in [1.807, 2.05) is 60.0 Å². The van der Waals surface area contributed by atoms with Gasteiger partial charge in [-0.1, -0.05) is 36.4 Å². The second-order valence-corrected chi connectivity index (χ2v) is 27.7. The lowest BCUT2D eigenvalue weighted by Gasteiger charge is -2.19. The molecule has 32 heteroatoms. The number of likely N-dealkylation sites (tertiary alicyclic amines) is 2. The molecule has 0 unspecified atom stereocenters. The molecule has 0 saturated carbocycles. The number of carbonyl (C=O) groups is 3. The average Bonchev–Trinajstić information content (AvgIpc) is 1.65. The number of aromatic nitrogens is 10. The van der Waals surface area contributed by atoms with E-state index in [1.165, 1.54) is 55.8 Å². The molecule has 2 saturated heterocycles. The summed E-state index contributed by atoms with van der Waals surface area (Å²) in [6.07, 6.45) is 10.7. The maximum atomic E-state index is 14.9. The van der Waals surface area contributed by atoms with Crippen molar-refractivity contribution in [2.45, 2.75) is 46.5 Å². The molecule has 0 spiro atoms. The van der Waals surface area contributed by atoms with Crippen LogP contribution in [-0.4, -0.2) is 119 Å². The number of benzene rings is 5. The Morgan fingerprint density at radius 3 is 1.39 bits per heavy atom. The molecule has 3 amide bonds. The minimum atomic E-state index is -0.682. The lowest BCUT2D eigenvalue weighted by Crippen LogP contribution is -2.32. The summed E-state index contributed by atoms with van der Waals surface area (Å²) in [5.41, 5.74) is 2.55. The maximum absolute atomic E-state index is 14.9. The quantitative estimate of drug-likeness (QED) is 0.0499. The van der Waals surface area contributed by atoms with Gasteiger partial charge in [-0.25, -0.2) is 37.8 Å². The highest BCUT2D eigenvalue weighted by atomic mass is 32.1. The van der Waals surface area contributed by atoms with Gasteiger partial charge in [-0.15, -0.1) is 11.3 Å². The van der Waals surface area contributed by atoms with E-state index in [0.717, 1.165) is 64.0 Å². The van der Waals surface area contributed by atoms with Gasteiger partial charge >= 0.3 is 0 Å². The van der Waals surface area contributed by atoms with Crippen molar-refractivity contribution >= 4 is 103 Å². The van der Waals surface area contributed by atoms with Crippen molar-refractivity contribution in [2.75, 3.05) is 59.9 Å². The Morgan fingerprint density at radius 1 is 0.442 bits per heavy atom. The fraction of sp³-hybridized carbons (Fsp3) is 0.185. The standard InChI is InChI=1S/C28H27FN6O3S.C27H27N7O3S.C26H21FN4O4S/c1-18-25(27(37)35(33(18)2)20-8-4-3-5-9-20)26(36)31-19-10-11-23(22(29)16-19)38-21-12-13-30-24(17-21)32-28(39)34-14-6-7-15-34;1-18-24(26(36)34(32(18)2)19-8-4-3-5-9-19)25(35)30-22-11-10-21(17-29-22)37-20-12-13-28-23(16-20)31-27(38)33-14-6-7-15-33;1-15-24(26(33)31(30(15)2)23-5-4-12-36-23)25(32)29-16-6-9-22(19(27)13-16)35-21-10-11-28-20-14-17(34-3)7-8-18(20)21/h3-5,8-13,16-17H,6-7,14-15H2,1-2H3,(H,31,36)(H,30,32,39);3-5,8-13,16-17H,6-7,14-15H2,1-2H3,(H,28,31,38)(H,29,30,35);4-14H,1-3H3,(H,29,32). The number of anilines is 5. The Morgan fingerprint density at radius 2 is 0.912 bits per heavy atom. The molecule has 10 heterocycles. The second kappa shape index (κ2) is 34.6. The van der Waals surface area contributed by atoms with Crippen LogP contribution in [0.1, 0.15) is 73.8 Å². The Balaban J connectivity index is 0.000000148. The van der Waals surface area contributed by atoms with Crippen LogP contribution >= 0.6 is 35.8 Å². The van der Waals surface area contributed by atoms with Gasteiger partial charge in [-0.05, 0) is 179 Å². The number of fused-ring (bicyclic) bond motifs is 1. The molecule has 2 aliphatic rings. The van der Waals surface area contributed by atoms with Crippen molar-refractivity contribution in [3.8, 4) is 56.6 Å². The molecule has 576 valence electrons. The van der Waals surface area contributed by atoms with E-state index in [0.29, 0.717) is 101 Å². The predicted octanol–water partition coefficient (Wildman–Crippen LogP) is 14.3. The summed E-state index contributed by atoms with van der Waals surface area (Å²) in [5.74, 6) is 0.671. The molecule has 13 aromatic rings. The monoisotopic (exact) mass is 1580 g/mol. The van der Waals surface area contributed by atoms with E-state index in [1.54, 1.807) is 161 Å². The molecule has 15 rings (SSSR count). The van der Waals surface area contributed by atoms with Crippen LogP contribution in [0.4, 0.5) is 37.6 Å². The number of nitrogens with one attached hydrogen (secondary N) is 5. The number of hydrogen-bond donors (Lipinski definition) is 5. The number of pyridine rings is 4. The number of halogens is 2. The summed E-state index contributed by atoms with van der Waals surface area (Å²) in [6, 6.07) is 46.9. The molecule has 113 heavy (non-hydrogen) atoms. The summed E-state index contributed by atoms with van der Waals surface area (Å²) in [4.78, 5) is 99.6. The smallest absolute Gasteiger partial charge is 0.285 e. The first-order valence-corrected chi connectivity index (χ1v) is 37.3. The molecule has 0 atom stereocenters. The first-order chi connectivity index (χ1) is 54.6. The molecule has 5 N–H and O–H groups in total. The highest BCUT2D eigenvalue weighted by Crippen LogP contribution is 2.35. The number of carbonyl (C=O) groups excluding carboxylic acids is 3. The molecule has 0 aliphatic carbocycles. The van der Waals surface area contributed by atoms with Gasteiger partial charge in [-0.3, -0.25) is 47.8 Å². The summed E-state index contributed by atoms with van der Waals surface area (Å²) in [7, 11) is 6.71. The number of methoxy groups -OCH3 is 1. The molecule has 2 aliphatic heterocycles. The fourth-order valence-electron chi connectivity index (χ4n) is 12.7. The minimum Gasteiger partial charge on any atom is -0.497 e. The molecular formula is C81H75F2N17O10S3. The van der Waals surface area contributed by atoms with Crippen molar-refractivity contribution in [3.63, 3.8) is 0 Å². The van der Waals surface area contributed by atoms with E-state index in [-0.39, 0.29) is 39.6 Å². The molecule has 5 aromatic carbocycles. The number of rotatable bonds is 18. The van der Waals surface area contributed by atoms with Crippen LogP contribution in [0, 0.1) is 32.4 Å². The van der Waals surface area contributed by atoms with E-state index in [9.17, 15) is 37.5 Å².